The van der Waals surface area contributed by atoms with Crippen molar-refractivity contribution in [1.82, 2.24) is 0 Å². The van der Waals surface area contributed by atoms with Crippen molar-refractivity contribution in [3.05, 3.63) is 0 Å². The summed E-state index contributed by atoms with van der Waals surface area (Å²) in [5, 5.41) is 0. The first-order valence-corrected chi connectivity index (χ1v) is 2.60. The molecule has 0 aromatic carbocycles. The summed E-state index contributed by atoms with van der Waals surface area (Å²) in [6.07, 6.45) is 0. The molecule has 0 heterocycles. The van der Waals surface area contributed by atoms with Gasteiger partial charge in [0.05, 0.1) is 6.04 Å². The summed E-state index contributed by atoms with van der Waals surface area (Å²) < 4.78 is 0. The standard InChI is InChI=1S/C5H12N2O.BrH/c1-3(2)4(6)5(7)8;/h3-4H,6H2,1-2H3,(H2,7,8);1H. The molecule has 0 saturated carbocycles. The lowest BCUT2D eigenvalue weighted by molar-refractivity contribution is -0.120. The Labute approximate surface area is 65.6 Å². The Morgan fingerprint density at radius 3 is 1.78 bits per heavy atom. The number of rotatable bonds is 2. The molecule has 0 bridgehead atoms. The molecule has 0 aliphatic heterocycles. The van der Waals surface area contributed by atoms with Gasteiger partial charge in [0.25, 0.3) is 0 Å². The van der Waals surface area contributed by atoms with Crippen LogP contribution in [0.5, 0.6) is 0 Å². The minimum Gasteiger partial charge on any atom is -0.368 e. The van der Waals surface area contributed by atoms with E-state index in [9.17, 15) is 4.79 Å². The molecular formula is C5H13BrN2O. The first-order valence-electron chi connectivity index (χ1n) is 2.60. The highest BCUT2D eigenvalue weighted by Gasteiger charge is 2.12. The second-order valence-electron chi connectivity index (χ2n) is 2.17. The van der Waals surface area contributed by atoms with Crippen LogP contribution in [0, 0.1) is 5.92 Å². The number of amides is 1. The molecule has 0 aliphatic rings. The lowest BCUT2D eigenvalue weighted by Crippen LogP contribution is -2.40. The van der Waals surface area contributed by atoms with Crippen molar-refractivity contribution in [2.75, 3.05) is 0 Å². The van der Waals surface area contributed by atoms with E-state index in [0.717, 1.165) is 0 Å². The summed E-state index contributed by atoms with van der Waals surface area (Å²) in [6.45, 7) is 3.71. The lowest BCUT2D eigenvalue weighted by atomic mass is 10.1. The van der Waals surface area contributed by atoms with Crippen LogP contribution in [0.25, 0.3) is 0 Å². The molecule has 0 spiro atoms. The van der Waals surface area contributed by atoms with Gasteiger partial charge in [0, 0.05) is 0 Å². The van der Waals surface area contributed by atoms with Gasteiger partial charge in [-0.05, 0) is 5.92 Å². The first-order chi connectivity index (χ1) is 3.55. The second-order valence-corrected chi connectivity index (χ2v) is 2.17. The van der Waals surface area contributed by atoms with E-state index in [0.29, 0.717) is 0 Å². The Balaban J connectivity index is 0. The molecule has 1 unspecified atom stereocenters. The Morgan fingerprint density at radius 1 is 1.44 bits per heavy atom. The number of nitrogens with two attached hydrogens (primary N) is 2. The predicted molar refractivity (Wildman–Crippen MR) is 42.3 cm³/mol. The van der Waals surface area contributed by atoms with E-state index < -0.39 is 11.9 Å². The number of carbonyl (C=O) groups is 1. The van der Waals surface area contributed by atoms with Crippen LogP contribution in [0.4, 0.5) is 0 Å². The highest BCUT2D eigenvalue weighted by atomic mass is 79.9. The lowest BCUT2D eigenvalue weighted by Gasteiger charge is -2.09. The summed E-state index contributed by atoms with van der Waals surface area (Å²) in [5.41, 5.74) is 10.2. The zero-order valence-corrected chi connectivity index (χ0v) is 7.34. The third kappa shape index (κ3) is 4.42. The molecule has 0 aromatic rings. The van der Waals surface area contributed by atoms with Crippen molar-refractivity contribution in [2.45, 2.75) is 19.9 Å². The van der Waals surface area contributed by atoms with Crippen LogP contribution in [0.3, 0.4) is 0 Å². The smallest absolute Gasteiger partial charge is 0.234 e. The molecular weight excluding hydrogens is 184 g/mol. The molecule has 0 saturated heterocycles. The Morgan fingerprint density at radius 2 is 1.78 bits per heavy atom. The molecule has 56 valence electrons. The minimum atomic E-state index is -0.491. The summed E-state index contributed by atoms with van der Waals surface area (Å²) in [7, 11) is 0. The highest BCUT2D eigenvalue weighted by Crippen LogP contribution is 1.95. The van der Waals surface area contributed by atoms with Gasteiger partial charge in [-0.25, -0.2) is 0 Å². The van der Waals surface area contributed by atoms with Crippen LogP contribution >= 0.6 is 17.0 Å². The van der Waals surface area contributed by atoms with Crippen LogP contribution in [0.2, 0.25) is 0 Å². The van der Waals surface area contributed by atoms with Crippen molar-refractivity contribution in [3.63, 3.8) is 0 Å². The molecule has 0 aromatic heterocycles. The van der Waals surface area contributed by atoms with Gasteiger partial charge < -0.3 is 11.5 Å². The van der Waals surface area contributed by atoms with E-state index in [2.05, 4.69) is 0 Å². The predicted octanol–water partition coefficient (Wildman–Crippen LogP) is 0.0329. The maximum atomic E-state index is 10.2. The van der Waals surface area contributed by atoms with Gasteiger partial charge in [-0.15, -0.1) is 17.0 Å². The van der Waals surface area contributed by atoms with Crippen LogP contribution < -0.4 is 11.5 Å². The van der Waals surface area contributed by atoms with Crippen LogP contribution in [-0.2, 0) is 4.79 Å². The van der Waals surface area contributed by atoms with Crippen molar-refractivity contribution in [1.29, 1.82) is 0 Å². The minimum absolute atomic E-state index is 0. The van der Waals surface area contributed by atoms with Crippen molar-refractivity contribution in [2.24, 2.45) is 17.4 Å². The fraction of sp³-hybridized carbons (Fsp3) is 0.800. The summed E-state index contributed by atoms with van der Waals surface area (Å²) in [4.78, 5) is 10.2. The third-order valence-electron chi connectivity index (χ3n) is 1.05. The molecule has 1 amide bonds. The fourth-order valence-electron chi connectivity index (χ4n) is 0.329. The molecule has 1 atom stereocenters. The largest absolute Gasteiger partial charge is 0.368 e. The molecule has 4 N–H and O–H groups in total. The van der Waals surface area contributed by atoms with Gasteiger partial charge in [0.15, 0.2) is 0 Å². The summed E-state index contributed by atoms with van der Waals surface area (Å²) in [6, 6.07) is -0.491. The van der Waals surface area contributed by atoms with E-state index in [1.807, 2.05) is 13.8 Å². The molecule has 0 aliphatic carbocycles. The normalized spacial score (nSPS) is 12.4. The monoisotopic (exact) mass is 196 g/mol. The maximum absolute atomic E-state index is 10.2. The molecule has 4 heteroatoms. The Kier molecular flexibility index (Phi) is 6.17. The highest BCUT2D eigenvalue weighted by molar-refractivity contribution is 8.93. The number of halogens is 1. The zero-order chi connectivity index (χ0) is 6.73. The Hall–Kier alpha value is -0.0900. The van der Waals surface area contributed by atoms with Crippen molar-refractivity contribution >= 4 is 22.9 Å². The van der Waals surface area contributed by atoms with E-state index in [1.54, 1.807) is 0 Å². The van der Waals surface area contributed by atoms with Gasteiger partial charge in [-0.2, -0.15) is 0 Å². The number of primary amides is 1. The van der Waals surface area contributed by atoms with Crippen LogP contribution in [0.1, 0.15) is 13.8 Å². The zero-order valence-electron chi connectivity index (χ0n) is 5.63. The Bertz CT molecular complexity index is 95.0. The molecule has 0 rings (SSSR count). The third-order valence-corrected chi connectivity index (χ3v) is 1.05. The topological polar surface area (TPSA) is 69.1 Å². The van der Waals surface area contributed by atoms with Gasteiger partial charge in [0.2, 0.25) is 5.91 Å². The summed E-state index contributed by atoms with van der Waals surface area (Å²) in [5.74, 6) is -0.285. The fourth-order valence-corrected chi connectivity index (χ4v) is 0.329. The number of carbonyl (C=O) groups excluding carboxylic acids is 1. The molecule has 0 fully saturated rings. The van der Waals surface area contributed by atoms with Crippen LogP contribution in [0.15, 0.2) is 0 Å². The van der Waals surface area contributed by atoms with Gasteiger partial charge >= 0.3 is 0 Å². The van der Waals surface area contributed by atoms with Gasteiger partial charge in [-0.1, -0.05) is 13.8 Å². The first kappa shape index (κ1) is 11.7. The van der Waals surface area contributed by atoms with Gasteiger partial charge in [0.1, 0.15) is 0 Å². The van der Waals surface area contributed by atoms with E-state index in [1.165, 1.54) is 0 Å². The number of hydrogen-bond donors (Lipinski definition) is 2. The molecule has 3 nitrogen and oxygen atoms in total. The molecule has 9 heavy (non-hydrogen) atoms. The number of hydrogen-bond acceptors (Lipinski definition) is 2. The average molecular weight is 197 g/mol. The van der Waals surface area contributed by atoms with E-state index >= 15 is 0 Å². The average Bonchev–Trinajstić information content (AvgIpc) is 1.64. The van der Waals surface area contributed by atoms with E-state index in [-0.39, 0.29) is 22.9 Å². The van der Waals surface area contributed by atoms with Gasteiger partial charge in [-0.3, -0.25) is 4.79 Å². The molecule has 0 radical (unpaired) electrons. The van der Waals surface area contributed by atoms with Crippen molar-refractivity contribution < 1.29 is 4.79 Å². The van der Waals surface area contributed by atoms with E-state index in [4.69, 9.17) is 11.5 Å². The summed E-state index contributed by atoms with van der Waals surface area (Å²) >= 11 is 0. The SMILES string of the molecule is Br.CC(C)C(N)C(N)=O. The van der Waals surface area contributed by atoms with Crippen LogP contribution in [-0.4, -0.2) is 11.9 Å². The van der Waals surface area contributed by atoms with Crippen molar-refractivity contribution in [3.8, 4) is 0 Å². The second kappa shape index (κ2) is 4.76. The maximum Gasteiger partial charge on any atom is 0.234 e. The quantitative estimate of drug-likeness (QED) is 0.655.